The fourth-order valence-electron chi connectivity index (χ4n) is 10.0. The summed E-state index contributed by atoms with van der Waals surface area (Å²) in [5.74, 6) is 0.620. The van der Waals surface area contributed by atoms with E-state index < -0.39 is 48.6 Å². The zero-order valence-electron chi connectivity index (χ0n) is 29.1. The van der Waals surface area contributed by atoms with Gasteiger partial charge in [-0.1, -0.05) is 38.5 Å². The molecular weight excluding hydrogens is 602 g/mol. The number of hydrogen-bond donors (Lipinski definition) is 1. The minimum atomic E-state index is -1.14. The third-order valence-electron chi connectivity index (χ3n) is 12.2. The number of rotatable bonds is 10. The molecule has 0 radical (unpaired) electrons. The van der Waals surface area contributed by atoms with Crippen LogP contribution in [0.25, 0.3) is 0 Å². The second kappa shape index (κ2) is 14.4. The van der Waals surface area contributed by atoms with Gasteiger partial charge in [-0.3, -0.25) is 19.2 Å². The van der Waals surface area contributed by atoms with Crippen LogP contribution >= 0.6 is 0 Å². The summed E-state index contributed by atoms with van der Waals surface area (Å²) in [6.07, 6.45) is 9.66. The Morgan fingerprint density at radius 1 is 1.00 bits per heavy atom. The molecule has 4 fully saturated rings. The maximum Gasteiger partial charge on any atom is 0.305 e. The van der Waals surface area contributed by atoms with Gasteiger partial charge in [0, 0.05) is 27.2 Å². The number of amides is 1. The number of ether oxygens (including phenoxy) is 5. The number of fused-ring (bicyclic) bond motifs is 5. The SMILES string of the molecule is C=CC1CCC2C3CC=C4CC(OC5OC(COC(=O)CCC)C(OC(C)=O)C(OC(C)=O)C5NC(C)=O)CCC4(C)C3CCC12C. The van der Waals surface area contributed by atoms with Crippen molar-refractivity contribution in [3.63, 3.8) is 0 Å². The summed E-state index contributed by atoms with van der Waals surface area (Å²) in [5.41, 5.74) is 1.90. The van der Waals surface area contributed by atoms with E-state index in [4.69, 9.17) is 23.7 Å². The highest BCUT2D eigenvalue weighted by Crippen LogP contribution is 2.66. The molecule has 0 bridgehead atoms. The first-order valence-corrected chi connectivity index (χ1v) is 17.7. The normalized spacial score (nSPS) is 40.9. The molecule has 5 aliphatic rings. The van der Waals surface area contributed by atoms with Crippen molar-refractivity contribution < 1.29 is 42.9 Å². The van der Waals surface area contributed by atoms with Crippen molar-refractivity contribution in [1.82, 2.24) is 5.32 Å². The number of hydrogen-bond acceptors (Lipinski definition) is 9. The largest absolute Gasteiger partial charge is 0.463 e. The van der Waals surface area contributed by atoms with Crippen LogP contribution in [0.5, 0.6) is 0 Å². The first kappa shape index (κ1) is 35.6. The fourth-order valence-corrected chi connectivity index (χ4v) is 10.0. The van der Waals surface area contributed by atoms with Crippen molar-refractivity contribution in [2.75, 3.05) is 6.61 Å². The predicted octanol–water partition coefficient (Wildman–Crippen LogP) is 5.57. The molecule has 1 N–H and O–H groups in total. The molecule has 1 aliphatic heterocycles. The van der Waals surface area contributed by atoms with Gasteiger partial charge in [-0.25, -0.2) is 0 Å². The molecule has 1 saturated heterocycles. The molecular formula is C37H55NO9. The molecule has 0 aromatic carbocycles. The Morgan fingerprint density at radius 3 is 2.38 bits per heavy atom. The number of esters is 3. The first-order chi connectivity index (χ1) is 22.3. The smallest absolute Gasteiger partial charge is 0.305 e. The van der Waals surface area contributed by atoms with Gasteiger partial charge in [-0.05, 0) is 92.3 Å². The van der Waals surface area contributed by atoms with Gasteiger partial charge in [0.2, 0.25) is 5.91 Å². The molecule has 262 valence electrons. The lowest BCUT2D eigenvalue weighted by Crippen LogP contribution is -2.67. The van der Waals surface area contributed by atoms with E-state index in [-0.39, 0.29) is 30.5 Å². The lowest BCUT2D eigenvalue weighted by atomic mass is 9.47. The van der Waals surface area contributed by atoms with Crippen LogP contribution in [0.15, 0.2) is 24.3 Å². The molecule has 5 rings (SSSR count). The molecule has 10 nitrogen and oxygen atoms in total. The highest BCUT2D eigenvalue weighted by Gasteiger charge is 2.59. The third-order valence-corrected chi connectivity index (χ3v) is 12.2. The van der Waals surface area contributed by atoms with Gasteiger partial charge in [0.1, 0.15) is 18.8 Å². The number of carbonyl (C=O) groups excluding carboxylic acids is 4. The quantitative estimate of drug-likeness (QED) is 0.182. The molecule has 12 atom stereocenters. The lowest BCUT2D eigenvalue weighted by Gasteiger charge is -2.58. The lowest BCUT2D eigenvalue weighted by molar-refractivity contribution is -0.289. The summed E-state index contributed by atoms with van der Waals surface area (Å²) >= 11 is 0. The standard InChI is InChI=1S/C37H55NO9/c1-8-10-31(42)43-20-30-33(44-22(4)40)34(45-23(5)41)32(38-21(3)39)35(47-30)46-26-15-17-37(7)25(19-26)11-13-27-28-14-12-24(9-2)36(28,6)18-16-29(27)37/h9,11,24,26-30,32-35H,2,8,10,12-20H2,1,3-7H3,(H,38,39). The molecule has 1 amide bonds. The van der Waals surface area contributed by atoms with E-state index in [0.717, 1.165) is 31.6 Å². The Kier molecular flexibility index (Phi) is 10.9. The summed E-state index contributed by atoms with van der Waals surface area (Å²) in [7, 11) is 0. The van der Waals surface area contributed by atoms with E-state index >= 15 is 0 Å². The van der Waals surface area contributed by atoms with E-state index in [9.17, 15) is 19.2 Å². The molecule has 0 aromatic heterocycles. The average Bonchev–Trinajstić information content (AvgIpc) is 3.35. The maximum atomic E-state index is 12.4. The van der Waals surface area contributed by atoms with Crippen LogP contribution < -0.4 is 5.32 Å². The number of nitrogens with one attached hydrogen (secondary N) is 1. The fraction of sp³-hybridized carbons (Fsp3) is 0.784. The zero-order valence-corrected chi connectivity index (χ0v) is 29.1. The molecule has 3 saturated carbocycles. The van der Waals surface area contributed by atoms with Crippen molar-refractivity contribution in [2.45, 2.75) is 142 Å². The van der Waals surface area contributed by atoms with Gasteiger partial charge >= 0.3 is 17.9 Å². The molecule has 4 aliphatic carbocycles. The minimum Gasteiger partial charge on any atom is -0.463 e. The summed E-state index contributed by atoms with van der Waals surface area (Å²) < 4.78 is 29.8. The summed E-state index contributed by atoms with van der Waals surface area (Å²) in [6, 6.07) is -0.961. The van der Waals surface area contributed by atoms with E-state index in [2.05, 4.69) is 37.9 Å². The Morgan fingerprint density at radius 2 is 1.72 bits per heavy atom. The van der Waals surface area contributed by atoms with Crippen molar-refractivity contribution in [3.05, 3.63) is 24.3 Å². The molecule has 47 heavy (non-hydrogen) atoms. The molecule has 0 aromatic rings. The van der Waals surface area contributed by atoms with Crippen LogP contribution in [0, 0.1) is 34.5 Å². The second-order valence-electron chi connectivity index (χ2n) is 15.1. The molecule has 10 heteroatoms. The number of carbonyl (C=O) groups is 4. The van der Waals surface area contributed by atoms with Gasteiger partial charge in [-0.2, -0.15) is 0 Å². The molecule has 0 spiro atoms. The van der Waals surface area contributed by atoms with Gasteiger partial charge in [-0.15, -0.1) is 6.58 Å². The Bertz CT molecular complexity index is 1250. The van der Waals surface area contributed by atoms with Crippen molar-refractivity contribution in [3.8, 4) is 0 Å². The minimum absolute atomic E-state index is 0.109. The van der Waals surface area contributed by atoms with Gasteiger partial charge in [0.05, 0.1) is 6.10 Å². The van der Waals surface area contributed by atoms with E-state index in [0.29, 0.717) is 29.6 Å². The first-order valence-electron chi connectivity index (χ1n) is 17.7. The van der Waals surface area contributed by atoms with Gasteiger partial charge in [0.25, 0.3) is 0 Å². The second-order valence-corrected chi connectivity index (χ2v) is 15.1. The van der Waals surface area contributed by atoms with Crippen LogP contribution in [0.3, 0.4) is 0 Å². The monoisotopic (exact) mass is 657 g/mol. The maximum absolute atomic E-state index is 12.4. The van der Waals surface area contributed by atoms with Crippen molar-refractivity contribution in [1.29, 1.82) is 0 Å². The van der Waals surface area contributed by atoms with Gasteiger partial charge in [0.15, 0.2) is 18.5 Å². The highest BCUT2D eigenvalue weighted by atomic mass is 16.7. The Labute approximate surface area is 279 Å². The van der Waals surface area contributed by atoms with Crippen LogP contribution in [0.2, 0.25) is 0 Å². The zero-order chi connectivity index (χ0) is 34.1. The average molecular weight is 658 g/mol. The van der Waals surface area contributed by atoms with Crippen molar-refractivity contribution in [2.24, 2.45) is 34.5 Å². The van der Waals surface area contributed by atoms with Crippen LogP contribution in [-0.4, -0.2) is 67.2 Å². The van der Waals surface area contributed by atoms with Crippen LogP contribution in [-0.2, 0) is 42.9 Å². The van der Waals surface area contributed by atoms with E-state index in [1.807, 2.05) is 6.92 Å². The topological polar surface area (TPSA) is 126 Å². The molecule has 1 heterocycles. The summed E-state index contributed by atoms with van der Waals surface area (Å²) in [6.45, 7) is 14.6. The predicted molar refractivity (Wildman–Crippen MR) is 174 cm³/mol. The summed E-state index contributed by atoms with van der Waals surface area (Å²) in [4.78, 5) is 49.2. The Balaban J connectivity index is 1.37. The van der Waals surface area contributed by atoms with Crippen LogP contribution in [0.1, 0.15) is 106 Å². The van der Waals surface area contributed by atoms with E-state index in [1.165, 1.54) is 52.0 Å². The molecule has 12 unspecified atom stereocenters. The third kappa shape index (κ3) is 7.19. The number of allylic oxidation sites excluding steroid dienone is 2. The summed E-state index contributed by atoms with van der Waals surface area (Å²) in [5, 5.41) is 2.83. The van der Waals surface area contributed by atoms with Crippen LogP contribution in [0.4, 0.5) is 0 Å². The van der Waals surface area contributed by atoms with E-state index in [1.54, 1.807) is 0 Å². The highest BCUT2D eigenvalue weighted by molar-refractivity contribution is 5.73. The van der Waals surface area contributed by atoms with Gasteiger partial charge < -0.3 is 29.0 Å². The Hall–Kier alpha value is -2.72. The van der Waals surface area contributed by atoms with Crippen molar-refractivity contribution >= 4 is 23.8 Å².